The molecule has 5 heteroatoms. The molecule has 0 radical (unpaired) electrons. The van der Waals surface area contributed by atoms with Crippen LogP contribution in [0.4, 0.5) is 13.2 Å². The van der Waals surface area contributed by atoms with E-state index >= 15 is 0 Å². The van der Waals surface area contributed by atoms with E-state index in [9.17, 15) is 13.2 Å². The van der Waals surface area contributed by atoms with Gasteiger partial charge in [-0.15, -0.1) is 0 Å². The van der Waals surface area contributed by atoms with Gasteiger partial charge in [0.1, 0.15) is 0 Å². The van der Waals surface area contributed by atoms with Crippen LogP contribution in [0.15, 0.2) is 0 Å². The van der Waals surface area contributed by atoms with Gasteiger partial charge in [-0.2, -0.15) is 13.2 Å². The fraction of sp³-hybridized carbons (Fsp3) is 1.00. The summed E-state index contributed by atoms with van der Waals surface area (Å²) >= 11 is 3.40. The van der Waals surface area contributed by atoms with Crippen LogP contribution in [0, 0.1) is 0 Å². The Balaban J connectivity index is 3.60. The van der Waals surface area contributed by atoms with Crippen LogP contribution in [0.25, 0.3) is 0 Å². The summed E-state index contributed by atoms with van der Waals surface area (Å²) in [5.74, 6) is 0. The highest BCUT2D eigenvalue weighted by molar-refractivity contribution is 9.09. The molecule has 1 nitrogen and oxygen atoms in total. The van der Waals surface area contributed by atoms with Crippen molar-refractivity contribution in [3.8, 4) is 0 Å². The van der Waals surface area contributed by atoms with Gasteiger partial charge in [-0.25, -0.2) is 0 Å². The summed E-state index contributed by atoms with van der Waals surface area (Å²) in [6.45, 7) is 3.42. The van der Waals surface area contributed by atoms with Crippen LogP contribution < -0.4 is 0 Å². The molecule has 0 unspecified atom stereocenters. The summed E-state index contributed by atoms with van der Waals surface area (Å²) < 4.78 is 37.1. The molecule has 0 aliphatic carbocycles. The lowest BCUT2D eigenvalue weighted by molar-refractivity contribution is -0.149. The van der Waals surface area contributed by atoms with Gasteiger partial charge in [-0.05, 0) is 33.2 Å². The van der Waals surface area contributed by atoms with Crippen molar-refractivity contribution < 1.29 is 13.2 Å². The van der Waals surface area contributed by atoms with Gasteiger partial charge in [-0.3, -0.25) is 4.90 Å². The molecule has 0 bridgehead atoms. The Labute approximate surface area is 124 Å². The third-order valence-electron chi connectivity index (χ3n) is 3.19. The SMILES string of the molecule is CC(C)N(CCCCCCCCCBr)CC(F)(F)F. The Morgan fingerprint density at radius 2 is 1.37 bits per heavy atom. The van der Waals surface area contributed by atoms with Crippen molar-refractivity contribution in [2.24, 2.45) is 0 Å². The average molecular weight is 346 g/mol. The van der Waals surface area contributed by atoms with E-state index in [2.05, 4.69) is 15.9 Å². The Morgan fingerprint density at radius 3 is 1.79 bits per heavy atom. The number of halogens is 4. The van der Waals surface area contributed by atoms with E-state index in [-0.39, 0.29) is 6.04 Å². The van der Waals surface area contributed by atoms with Crippen LogP contribution in [0.3, 0.4) is 0 Å². The van der Waals surface area contributed by atoms with Gasteiger partial charge >= 0.3 is 6.18 Å². The molecule has 0 aromatic rings. The van der Waals surface area contributed by atoms with E-state index in [4.69, 9.17) is 0 Å². The zero-order valence-corrected chi connectivity index (χ0v) is 13.7. The maximum Gasteiger partial charge on any atom is 0.401 e. The minimum atomic E-state index is -4.08. The first-order valence-corrected chi connectivity index (χ1v) is 8.35. The molecule has 0 heterocycles. The predicted molar refractivity (Wildman–Crippen MR) is 78.9 cm³/mol. The second kappa shape index (κ2) is 11.0. The topological polar surface area (TPSA) is 3.24 Å². The largest absolute Gasteiger partial charge is 0.401 e. The molecule has 116 valence electrons. The zero-order chi connectivity index (χ0) is 14.7. The van der Waals surface area contributed by atoms with Crippen LogP contribution >= 0.6 is 15.9 Å². The number of alkyl halides is 4. The molecule has 0 amide bonds. The van der Waals surface area contributed by atoms with Crippen molar-refractivity contribution in [1.29, 1.82) is 0 Å². The molecule has 0 spiro atoms. The highest BCUT2D eigenvalue weighted by atomic mass is 79.9. The normalized spacial score (nSPS) is 12.6. The lowest BCUT2D eigenvalue weighted by Gasteiger charge is -2.27. The molecular weight excluding hydrogens is 319 g/mol. The van der Waals surface area contributed by atoms with Gasteiger partial charge < -0.3 is 0 Å². The average Bonchev–Trinajstić information content (AvgIpc) is 2.29. The second-order valence-corrected chi connectivity index (χ2v) is 6.14. The van der Waals surface area contributed by atoms with E-state index in [1.165, 1.54) is 30.6 Å². The molecule has 0 aromatic carbocycles. The van der Waals surface area contributed by atoms with Gasteiger partial charge in [0.05, 0.1) is 6.54 Å². The number of nitrogens with zero attached hydrogens (tertiary/aromatic N) is 1. The van der Waals surface area contributed by atoms with Gasteiger partial charge in [0.15, 0.2) is 0 Å². The van der Waals surface area contributed by atoms with E-state index in [1.807, 2.05) is 13.8 Å². The third-order valence-corrected chi connectivity index (χ3v) is 3.75. The van der Waals surface area contributed by atoms with Crippen LogP contribution in [0.5, 0.6) is 0 Å². The monoisotopic (exact) mass is 345 g/mol. The predicted octanol–water partition coefficient (Wildman–Crippen LogP) is 5.38. The summed E-state index contributed by atoms with van der Waals surface area (Å²) in [5, 5.41) is 1.06. The molecule has 0 saturated carbocycles. The van der Waals surface area contributed by atoms with Gasteiger partial charge in [-0.1, -0.05) is 48.0 Å². The van der Waals surface area contributed by atoms with Crippen LogP contribution in [0.2, 0.25) is 0 Å². The van der Waals surface area contributed by atoms with Crippen molar-refractivity contribution in [2.75, 3.05) is 18.4 Å². The van der Waals surface area contributed by atoms with Crippen molar-refractivity contribution in [3.05, 3.63) is 0 Å². The van der Waals surface area contributed by atoms with Gasteiger partial charge in [0.25, 0.3) is 0 Å². The molecule has 0 N–H and O–H groups in total. The van der Waals surface area contributed by atoms with E-state index in [1.54, 1.807) is 0 Å². The maximum atomic E-state index is 12.4. The van der Waals surface area contributed by atoms with E-state index in [0.717, 1.165) is 24.6 Å². The molecule has 0 saturated heterocycles. The Bertz CT molecular complexity index is 207. The van der Waals surface area contributed by atoms with Gasteiger partial charge in [0.2, 0.25) is 0 Å². The molecule has 0 aromatic heterocycles. The number of unbranched alkanes of at least 4 members (excludes halogenated alkanes) is 6. The summed E-state index contributed by atoms with van der Waals surface area (Å²) in [5.41, 5.74) is 0. The van der Waals surface area contributed by atoms with Crippen LogP contribution in [0.1, 0.15) is 58.8 Å². The highest BCUT2D eigenvalue weighted by Crippen LogP contribution is 2.18. The Morgan fingerprint density at radius 1 is 0.895 bits per heavy atom. The van der Waals surface area contributed by atoms with Crippen molar-refractivity contribution in [2.45, 2.75) is 71.0 Å². The fourth-order valence-electron chi connectivity index (χ4n) is 2.04. The summed E-state index contributed by atoms with van der Waals surface area (Å²) in [6, 6.07) is -0.0412. The van der Waals surface area contributed by atoms with Crippen molar-refractivity contribution in [1.82, 2.24) is 4.90 Å². The van der Waals surface area contributed by atoms with Crippen LogP contribution in [-0.4, -0.2) is 35.5 Å². The van der Waals surface area contributed by atoms with Crippen LogP contribution in [-0.2, 0) is 0 Å². The lowest BCUT2D eigenvalue weighted by atomic mass is 10.1. The minimum Gasteiger partial charge on any atom is -0.293 e. The number of hydrogen-bond acceptors (Lipinski definition) is 1. The van der Waals surface area contributed by atoms with E-state index in [0.29, 0.717) is 6.54 Å². The van der Waals surface area contributed by atoms with Gasteiger partial charge in [0, 0.05) is 11.4 Å². The number of hydrogen-bond donors (Lipinski definition) is 0. The fourth-order valence-corrected chi connectivity index (χ4v) is 2.44. The van der Waals surface area contributed by atoms with Crippen molar-refractivity contribution in [3.63, 3.8) is 0 Å². The first-order chi connectivity index (χ1) is 8.87. The molecule has 0 aliphatic heterocycles. The summed E-state index contributed by atoms with van der Waals surface area (Å²) in [6.07, 6.45) is 3.86. The maximum absolute atomic E-state index is 12.4. The molecular formula is C14H27BrF3N. The Kier molecular flexibility index (Phi) is 11.1. The highest BCUT2D eigenvalue weighted by Gasteiger charge is 2.31. The molecule has 0 aliphatic rings. The summed E-state index contributed by atoms with van der Waals surface area (Å²) in [4.78, 5) is 1.52. The zero-order valence-electron chi connectivity index (χ0n) is 12.1. The minimum absolute atomic E-state index is 0.0412. The molecule has 19 heavy (non-hydrogen) atoms. The first-order valence-electron chi connectivity index (χ1n) is 7.23. The number of rotatable bonds is 11. The molecule has 0 atom stereocenters. The quantitative estimate of drug-likeness (QED) is 0.358. The lowest BCUT2D eigenvalue weighted by Crippen LogP contribution is -2.39. The first kappa shape index (κ1) is 19.2. The second-order valence-electron chi connectivity index (χ2n) is 5.34. The molecule has 0 fully saturated rings. The molecule has 0 rings (SSSR count). The Hall–Kier alpha value is 0.230. The van der Waals surface area contributed by atoms with E-state index < -0.39 is 12.7 Å². The third kappa shape index (κ3) is 13.0. The summed E-state index contributed by atoms with van der Waals surface area (Å²) in [7, 11) is 0. The smallest absolute Gasteiger partial charge is 0.293 e. The van der Waals surface area contributed by atoms with Crippen molar-refractivity contribution >= 4 is 15.9 Å². The standard InChI is InChI=1S/C14H27BrF3N/c1-13(2)19(12-14(16,17)18)11-9-7-5-3-4-6-8-10-15/h13H,3-12H2,1-2H3.